The maximum atomic E-state index is 13.7. The third kappa shape index (κ3) is 2.49. The second kappa shape index (κ2) is 5.41. The van der Waals surface area contributed by atoms with Gasteiger partial charge in [0.05, 0.1) is 10.7 Å². The highest BCUT2D eigenvalue weighted by atomic mass is 32.1. The molecule has 0 N–H and O–H groups in total. The lowest BCUT2D eigenvalue weighted by Crippen LogP contribution is -2.03. The third-order valence-corrected chi connectivity index (χ3v) is 3.04. The molecule has 0 fully saturated rings. The summed E-state index contributed by atoms with van der Waals surface area (Å²) in [4.78, 5) is 4.23. The molecule has 0 aliphatic carbocycles. The molecular weight excluding hydrogens is 260 g/mol. The molecule has 1 heterocycles. The van der Waals surface area contributed by atoms with Crippen LogP contribution in [0.3, 0.4) is 0 Å². The van der Waals surface area contributed by atoms with Crippen molar-refractivity contribution in [3.63, 3.8) is 0 Å². The Labute approximate surface area is 107 Å². The maximum Gasteiger partial charge on any atom is 0.201 e. The summed E-state index contributed by atoms with van der Waals surface area (Å²) in [5, 5.41) is 2.61. The van der Waals surface area contributed by atoms with Gasteiger partial charge in [0.2, 0.25) is 5.82 Å². The van der Waals surface area contributed by atoms with Crippen LogP contribution in [0.25, 0.3) is 11.3 Å². The summed E-state index contributed by atoms with van der Waals surface area (Å²) >= 11 is 1.43. The van der Waals surface area contributed by atoms with Gasteiger partial charge in [0.1, 0.15) is 0 Å². The van der Waals surface area contributed by atoms with Gasteiger partial charge in [-0.25, -0.2) is 9.37 Å². The van der Waals surface area contributed by atoms with E-state index in [0.717, 1.165) is 11.1 Å². The van der Waals surface area contributed by atoms with Crippen molar-refractivity contribution in [1.29, 1.82) is 0 Å². The highest BCUT2D eigenvalue weighted by Crippen LogP contribution is 2.34. The van der Waals surface area contributed by atoms with E-state index in [9.17, 15) is 8.78 Å². The number of halogens is 2. The molecule has 96 valence electrons. The largest absolute Gasteiger partial charge is 0.464 e. The van der Waals surface area contributed by atoms with Gasteiger partial charge in [-0.05, 0) is 19.1 Å². The quantitative estimate of drug-likeness (QED) is 0.799. The van der Waals surface area contributed by atoms with Crippen molar-refractivity contribution >= 4 is 11.3 Å². The Morgan fingerprint density at radius 3 is 2.72 bits per heavy atom. The SMILES string of the molecule is COCOc1c(-c2csc(C)n2)ccc(F)c1F. The first-order valence-electron chi connectivity index (χ1n) is 5.15. The van der Waals surface area contributed by atoms with Crippen molar-refractivity contribution in [1.82, 2.24) is 4.98 Å². The Morgan fingerprint density at radius 2 is 2.11 bits per heavy atom. The van der Waals surface area contributed by atoms with E-state index in [0.29, 0.717) is 11.3 Å². The summed E-state index contributed by atoms with van der Waals surface area (Å²) in [6.45, 7) is 1.68. The number of nitrogens with zero attached hydrogens (tertiary/aromatic N) is 1. The smallest absolute Gasteiger partial charge is 0.201 e. The lowest BCUT2D eigenvalue weighted by Gasteiger charge is -2.10. The molecule has 0 bridgehead atoms. The van der Waals surface area contributed by atoms with Crippen LogP contribution < -0.4 is 4.74 Å². The van der Waals surface area contributed by atoms with Crippen molar-refractivity contribution in [3.8, 4) is 17.0 Å². The Balaban J connectivity index is 2.49. The fraction of sp³-hybridized carbons (Fsp3) is 0.250. The number of ether oxygens (including phenoxy) is 2. The molecule has 1 aromatic heterocycles. The average molecular weight is 271 g/mol. The molecular formula is C12H11F2NO2S. The zero-order valence-electron chi connectivity index (χ0n) is 9.87. The number of thiazole rings is 1. The van der Waals surface area contributed by atoms with Crippen LogP contribution >= 0.6 is 11.3 Å². The number of methoxy groups -OCH3 is 1. The van der Waals surface area contributed by atoms with E-state index >= 15 is 0 Å². The molecule has 0 aliphatic heterocycles. The zero-order valence-corrected chi connectivity index (χ0v) is 10.7. The van der Waals surface area contributed by atoms with E-state index in [1.807, 2.05) is 6.92 Å². The minimum Gasteiger partial charge on any atom is -0.464 e. The molecule has 0 aliphatic rings. The first-order chi connectivity index (χ1) is 8.63. The summed E-state index contributed by atoms with van der Waals surface area (Å²) in [5.74, 6) is -2.17. The molecule has 0 amide bonds. The highest BCUT2D eigenvalue weighted by Gasteiger charge is 2.18. The van der Waals surface area contributed by atoms with Crippen molar-refractivity contribution in [2.75, 3.05) is 13.9 Å². The molecule has 0 saturated carbocycles. The average Bonchev–Trinajstić information content (AvgIpc) is 2.77. The van der Waals surface area contributed by atoms with Gasteiger partial charge in [0, 0.05) is 18.1 Å². The van der Waals surface area contributed by atoms with Gasteiger partial charge in [-0.3, -0.25) is 0 Å². The van der Waals surface area contributed by atoms with Gasteiger partial charge >= 0.3 is 0 Å². The molecule has 0 spiro atoms. The minimum atomic E-state index is -1.03. The molecule has 3 nitrogen and oxygen atoms in total. The molecule has 18 heavy (non-hydrogen) atoms. The number of hydrogen-bond acceptors (Lipinski definition) is 4. The molecule has 0 unspecified atom stereocenters. The summed E-state index contributed by atoms with van der Waals surface area (Å²) in [6.07, 6.45) is 0. The van der Waals surface area contributed by atoms with Crippen LogP contribution in [0.1, 0.15) is 5.01 Å². The van der Waals surface area contributed by atoms with Crippen molar-refractivity contribution < 1.29 is 18.3 Å². The molecule has 2 rings (SSSR count). The minimum absolute atomic E-state index is 0.156. The Hall–Kier alpha value is -1.53. The van der Waals surface area contributed by atoms with Gasteiger partial charge in [0.15, 0.2) is 18.4 Å². The van der Waals surface area contributed by atoms with Crippen LogP contribution in [0.5, 0.6) is 5.75 Å². The van der Waals surface area contributed by atoms with E-state index in [4.69, 9.17) is 9.47 Å². The first kappa shape index (κ1) is 12.9. The van der Waals surface area contributed by atoms with Gasteiger partial charge in [-0.15, -0.1) is 11.3 Å². The standard InChI is InChI=1S/C12H11F2NO2S/c1-7-15-10(5-18-7)8-3-4-9(13)11(14)12(8)17-6-16-2/h3-5H,6H2,1-2H3. The Kier molecular flexibility index (Phi) is 3.88. The Bertz CT molecular complexity index is 557. The lowest BCUT2D eigenvalue weighted by molar-refractivity contribution is 0.0482. The number of aryl methyl sites for hydroxylation is 1. The molecule has 2 aromatic rings. The first-order valence-corrected chi connectivity index (χ1v) is 6.03. The van der Waals surface area contributed by atoms with E-state index in [1.54, 1.807) is 5.38 Å². The van der Waals surface area contributed by atoms with Crippen LogP contribution in [0.4, 0.5) is 8.78 Å². The predicted octanol–water partition coefficient (Wildman–Crippen LogP) is 3.38. The maximum absolute atomic E-state index is 13.7. The van der Waals surface area contributed by atoms with Crippen molar-refractivity contribution in [2.24, 2.45) is 0 Å². The predicted molar refractivity (Wildman–Crippen MR) is 64.7 cm³/mol. The summed E-state index contributed by atoms with van der Waals surface area (Å²) in [7, 11) is 1.41. The molecule has 1 aromatic carbocycles. The Morgan fingerprint density at radius 1 is 1.33 bits per heavy atom. The third-order valence-electron chi connectivity index (χ3n) is 2.27. The van der Waals surface area contributed by atoms with E-state index < -0.39 is 11.6 Å². The monoisotopic (exact) mass is 271 g/mol. The van der Waals surface area contributed by atoms with E-state index in [1.165, 1.54) is 24.5 Å². The van der Waals surface area contributed by atoms with Crippen LogP contribution in [0.2, 0.25) is 0 Å². The van der Waals surface area contributed by atoms with E-state index in [2.05, 4.69) is 4.98 Å². The second-order valence-corrected chi connectivity index (χ2v) is 4.60. The second-order valence-electron chi connectivity index (χ2n) is 3.54. The van der Waals surface area contributed by atoms with E-state index in [-0.39, 0.29) is 12.5 Å². The topological polar surface area (TPSA) is 31.4 Å². The van der Waals surface area contributed by atoms with Gasteiger partial charge in [-0.2, -0.15) is 4.39 Å². The number of rotatable bonds is 4. The van der Waals surface area contributed by atoms with Gasteiger partial charge in [0.25, 0.3) is 0 Å². The number of aromatic nitrogens is 1. The lowest BCUT2D eigenvalue weighted by atomic mass is 10.1. The molecule has 0 radical (unpaired) electrons. The molecule has 0 atom stereocenters. The molecule has 0 saturated heterocycles. The summed E-state index contributed by atoms with van der Waals surface area (Å²) in [6, 6.07) is 2.50. The fourth-order valence-corrected chi connectivity index (χ4v) is 2.09. The van der Waals surface area contributed by atoms with Gasteiger partial charge < -0.3 is 9.47 Å². The zero-order chi connectivity index (χ0) is 13.1. The van der Waals surface area contributed by atoms with Gasteiger partial charge in [-0.1, -0.05) is 0 Å². The number of hydrogen-bond donors (Lipinski definition) is 0. The fourth-order valence-electron chi connectivity index (χ4n) is 1.48. The highest BCUT2D eigenvalue weighted by molar-refractivity contribution is 7.09. The van der Waals surface area contributed by atoms with Crippen LogP contribution in [-0.2, 0) is 4.74 Å². The van der Waals surface area contributed by atoms with Crippen molar-refractivity contribution in [2.45, 2.75) is 6.92 Å². The summed E-state index contributed by atoms with van der Waals surface area (Å²) in [5.41, 5.74) is 0.970. The van der Waals surface area contributed by atoms with Crippen molar-refractivity contribution in [3.05, 3.63) is 34.2 Å². The van der Waals surface area contributed by atoms with Crippen LogP contribution in [0.15, 0.2) is 17.5 Å². The number of benzene rings is 1. The molecule has 6 heteroatoms. The normalized spacial score (nSPS) is 10.7. The van der Waals surface area contributed by atoms with Crippen LogP contribution in [0, 0.1) is 18.6 Å². The summed E-state index contributed by atoms with van der Waals surface area (Å²) < 4.78 is 36.7. The van der Waals surface area contributed by atoms with Crippen LogP contribution in [-0.4, -0.2) is 18.9 Å².